The Morgan fingerprint density at radius 3 is 1.91 bits per heavy atom. The highest BCUT2D eigenvalue weighted by Crippen LogP contribution is 1.98. The van der Waals surface area contributed by atoms with Gasteiger partial charge in [-0.25, -0.2) is 0 Å². The molecule has 0 saturated carbocycles. The molecule has 6 nitrogen and oxygen atoms in total. The molecule has 0 atom stereocenters. The van der Waals surface area contributed by atoms with E-state index in [1.54, 1.807) is 11.9 Å². The maximum atomic E-state index is 11.3. The van der Waals surface area contributed by atoms with Gasteiger partial charge in [0.05, 0.1) is 39.6 Å². The summed E-state index contributed by atoms with van der Waals surface area (Å²) < 4.78 is 16.1. The van der Waals surface area contributed by atoms with Gasteiger partial charge in [-0.2, -0.15) is 0 Å². The van der Waals surface area contributed by atoms with E-state index in [4.69, 9.17) is 14.2 Å². The van der Waals surface area contributed by atoms with Crippen molar-refractivity contribution in [3.8, 4) is 0 Å². The van der Waals surface area contributed by atoms with Crippen molar-refractivity contribution < 1.29 is 23.8 Å². The first-order valence-electron chi connectivity index (χ1n) is 7.98. The van der Waals surface area contributed by atoms with E-state index in [1.807, 2.05) is 20.8 Å². The van der Waals surface area contributed by atoms with Crippen molar-refractivity contribution in [1.82, 2.24) is 4.90 Å². The van der Waals surface area contributed by atoms with Crippen LogP contribution in [0.3, 0.4) is 0 Å². The normalized spacial score (nSPS) is 11.0. The highest BCUT2D eigenvalue weighted by molar-refractivity contribution is 5.80. The average Bonchev–Trinajstić information content (AvgIpc) is 2.50. The average molecular weight is 317 g/mol. The van der Waals surface area contributed by atoms with Gasteiger partial charge in [-0.15, -0.1) is 0 Å². The summed E-state index contributed by atoms with van der Waals surface area (Å²) in [5.41, 5.74) is 0. The van der Waals surface area contributed by atoms with Crippen LogP contribution in [-0.4, -0.2) is 69.8 Å². The van der Waals surface area contributed by atoms with E-state index < -0.39 is 0 Å². The highest BCUT2D eigenvalue weighted by atomic mass is 16.5. The zero-order valence-corrected chi connectivity index (χ0v) is 14.4. The Labute approximate surface area is 134 Å². The van der Waals surface area contributed by atoms with Gasteiger partial charge in [-0.1, -0.05) is 20.8 Å². The predicted molar refractivity (Wildman–Crippen MR) is 84.8 cm³/mol. The summed E-state index contributed by atoms with van der Waals surface area (Å²) in [6, 6.07) is 0. The van der Waals surface area contributed by atoms with Gasteiger partial charge in [0, 0.05) is 32.4 Å². The maximum absolute atomic E-state index is 11.3. The number of amides is 1. The largest absolute Gasteiger partial charge is 0.379 e. The van der Waals surface area contributed by atoms with Crippen molar-refractivity contribution in [2.75, 3.05) is 53.2 Å². The van der Waals surface area contributed by atoms with Crippen LogP contribution in [0.1, 0.15) is 33.6 Å². The number of Topliss-reactive ketones (excluding diaryl/α,β-unsaturated/α-hetero) is 1. The second-order valence-corrected chi connectivity index (χ2v) is 5.38. The number of carbonyl (C=O) groups excluding carboxylic acids is 2. The highest BCUT2D eigenvalue weighted by Gasteiger charge is 2.06. The molecule has 0 aromatic carbocycles. The molecule has 6 heteroatoms. The van der Waals surface area contributed by atoms with Crippen molar-refractivity contribution in [2.24, 2.45) is 5.92 Å². The molecule has 0 aliphatic carbocycles. The SMILES string of the molecule is CCC(=O)N(C)CCOCCOCCOCCC(=O)C(C)C. The minimum atomic E-state index is 0.0728. The van der Waals surface area contributed by atoms with Gasteiger partial charge < -0.3 is 19.1 Å². The van der Waals surface area contributed by atoms with E-state index in [9.17, 15) is 9.59 Å². The molecular weight excluding hydrogens is 286 g/mol. The number of hydrogen-bond acceptors (Lipinski definition) is 5. The number of nitrogens with zero attached hydrogens (tertiary/aromatic N) is 1. The number of ether oxygens (including phenoxy) is 3. The maximum Gasteiger partial charge on any atom is 0.222 e. The molecule has 0 rings (SSSR count). The first-order valence-corrected chi connectivity index (χ1v) is 7.98. The van der Waals surface area contributed by atoms with E-state index in [-0.39, 0.29) is 17.6 Å². The van der Waals surface area contributed by atoms with Crippen LogP contribution in [0.25, 0.3) is 0 Å². The quantitative estimate of drug-likeness (QED) is 0.455. The predicted octanol–water partition coefficient (Wildman–Crippen LogP) is 1.52. The Balaban J connectivity index is 3.24. The van der Waals surface area contributed by atoms with Gasteiger partial charge in [0.1, 0.15) is 5.78 Å². The van der Waals surface area contributed by atoms with Crippen LogP contribution in [0.4, 0.5) is 0 Å². The first-order chi connectivity index (χ1) is 10.5. The molecule has 0 radical (unpaired) electrons. The number of hydrogen-bond donors (Lipinski definition) is 0. The van der Waals surface area contributed by atoms with E-state index in [0.29, 0.717) is 59.0 Å². The van der Waals surface area contributed by atoms with Gasteiger partial charge in [0.25, 0.3) is 0 Å². The summed E-state index contributed by atoms with van der Waals surface area (Å²) in [5.74, 6) is 0.414. The van der Waals surface area contributed by atoms with Crippen LogP contribution in [-0.2, 0) is 23.8 Å². The van der Waals surface area contributed by atoms with Gasteiger partial charge in [0.15, 0.2) is 0 Å². The lowest BCUT2D eigenvalue weighted by atomic mass is 10.1. The Kier molecular flexibility index (Phi) is 13.1. The third-order valence-corrected chi connectivity index (χ3v) is 3.18. The van der Waals surface area contributed by atoms with Crippen molar-refractivity contribution in [3.05, 3.63) is 0 Å². The molecule has 0 aliphatic rings. The number of rotatable bonds is 14. The van der Waals surface area contributed by atoms with Crippen LogP contribution in [0.5, 0.6) is 0 Å². The van der Waals surface area contributed by atoms with E-state index in [0.717, 1.165) is 0 Å². The van der Waals surface area contributed by atoms with Gasteiger partial charge in [0.2, 0.25) is 5.91 Å². The fourth-order valence-corrected chi connectivity index (χ4v) is 1.60. The van der Waals surface area contributed by atoms with Crippen molar-refractivity contribution in [2.45, 2.75) is 33.6 Å². The summed E-state index contributed by atoms with van der Waals surface area (Å²) in [5, 5.41) is 0. The molecule has 0 unspecified atom stereocenters. The van der Waals surface area contributed by atoms with Gasteiger partial charge >= 0.3 is 0 Å². The lowest BCUT2D eigenvalue weighted by Gasteiger charge is -2.16. The van der Waals surface area contributed by atoms with Crippen molar-refractivity contribution >= 4 is 11.7 Å². The number of likely N-dealkylation sites (N-methyl/N-ethyl adjacent to an activating group) is 1. The summed E-state index contributed by atoms with van der Waals surface area (Å²) in [4.78, 5) is 24.3. The van der Waals surface area contributed by atoms with Crippen LogP contribution in [0.2, 0.25) is 0 Å². The fourth-order valence-electron chi connectivity index (χ4n) is 1.60. The van der Waals surface area contributed by atoms with Crippen LogP contribution >= 0.6 is 0 Å². The third-order valence-electron chi connectivity index (χ3n) is 3.18. The molecule has 0 fully saturated rings. The first kappa shape index (κ1) is 21.0. The molecular formula is C16H31NO5. The zero-order valence-electron chi connectivity index (χ0n) is 14.4. The molecule has 1 amide bonds. The molecule has 0 spiro atoms. The Bertz CT molecular complexity index is 307. The molecule has 0 aliphatic heterocycles. The van der Waals surface area contributed by atoms with E-state index >= 15 is 0 Å². The van der Waals surface area contributed by atoms with Crippen molar-refractivity contribution in [3.63, 3.8) is 0 Å². The van der Waals surface area contributed by atoms with Gasteiger partial charge in [-0.05, 0) is 0 Å². The van der Waals surface area contributed by atoms with Gasteiger partial charge in [-0.3, -0.25) is 9.59 Å². The Hall–Kier alpha value is -0.980. The number of ketones is 1. The topological polar surface area (TPSA) is 65.1 Å². The molecule has 0 N–H and O–H groups in total. The zero-order chi connectivity index (χ0) is 16.8. The molecule has 0 heterocycles. The van der Waals surface area contributed by atoms with E-state index in [2.05, 4.69) is 0 Å². The fraction of sp³-hybridized carbons (Fsp3) is 0.875. The minimum Gasteiger partial charge on any atom is -0.379 e. The Morgan fingerprint density at radius 1 is 0.909 bits per heavy atom. The minimum absolute atomic E-state index is 0.0728. The molecule has 0 saturated heterocycles. The summed E-state index contributed by atoms with van der Waals surface area (Å²) >= 11 is 0. The number of carbonyl (C=O) groups is 2. The second kappa shape index (κ2) is 13.7. The molecule has 0 bridgehead atoms. The summed E-state index contributed by atoms with van der Waals surface area (Å²) in [7, 11) is 1.77. The lowest BCUT2D eigenvalue weighted by Crippen LogP contribution is -2.29. The monoisotopic (exact) mass is 317 g/mol. The van der Waals surface area contributed by atoms with Crippen LogP contribution < -0.4 is 0 Å². The van der Waals surface area contributed by atoms with Crippen LogP contribution in [0, 0.1) is 5.92 Å². The third kappa shape index (κ3) is 11.7. The molecule has 22 heavy (non-hydrogen) atoms. The van der Waals surface area contributed by atoms with Crippen molar-refractivity contribution in [1.29, 1.82) is 0 Å². The van der Waals surface area contributed by atoms with Crippen LogP contribution in [0.15, 0.2) is 0 Å². The summed E-state index contributed by atoms with van der Waals surface area (Å²) in [6.07, 6.45) is 0.979. The lowest BCUT2D eigenvalue weighted by molar-refractivity contribution is -0.130. The Morgan fingerprint density at radius 2 is 1.41 bits per heavy atom. The smallest absolute Gasteiger partial charge is 0.222 e. The van der Waals surface area contributed by atoms with E-state index in [1.165, 1.54) is 0 Å². The molecule has 0 aromatic rings. The molecule has 0 aromatic heterocycles. The standard InChI is InChI=1S/C16H31NO5/c1-5-16(19)17(4)7-9-21-11-13-22-12-10-20-8-6-15(18)14(2)3/h14H,5-13H2,1-4H3. The second-order valence-electron chi connectivity index (χ2n) is 5.38. The summed E-state index contributed by atoms with van der Waals surface area (Å²) in [6.45, 7) is 9.16. The molecule has 130 valence electrons.